The summed E-state index contributed by atoms with van der Waals surface area (Å²) in [5, 5.41) is 3.61. The number of hydrogen-bond donors (Lipinski definition) is 1. The van der Waals surface area contributed by atoms with Crippen LogP contribution >= 0.6 is 0 Å². The zero-order valence-electron chi connectivity index (χ0n) is 12.2. The summed E-state index contributed by atoms with van der Waals surface area (Å²) in [4.78, 5) is 24.2. The Morgan fingerprint density at radius 1 is 0.773 bits per heavy atom. The first kappa shape index (κ1) is 13.4. The lowest BCUT2D eigenvalue weighted by Crippen LogP contribution is -2.30. The monoisotopic (exact) mass is 291 g/mol. The van der Waals surface area contributed by atoms with Crippen molar-refractivity contribution in [2.45, 2.75) is 31.3 Å². The van der Waals surface area contributed by atoms with Crippen molar-refractivity contribution in [1.82, 2.24) is 5.32 Å². The Morgan fingerprint density at radius 3 is 2.09 bits per heavy atom. The fourth-order valence-corrected chi connectivity index (χ4v) is 3.65. The van der Waals surface area contributed by atoms with E-state index in [1.54, 1.807) is 0 Å². The highest BCUT2D eigenvalue weighted by molar-refractivity contribution is 6.01. The van der Waals surface area contributed by atoms with E-state index in [4.69, 9.17) is 0 Å². The second-order valence-corrected chi connectivity index (χ2v) is 6.04. The van der Waals surface area contributed by atoms with Crippen molar-refractivity contribution in [1.29, 1.82) is 0 Å². The van der Waals surface area contributed by atoms with E-state index in [0.717, 1.165) is 28.7 Å². The van der Waals surface area contributed by atoms with Crippen molar-refractivity contribution in [3.8, 4) is 0 Å². The molecule has 2 aromatic rings. The number of carbonyl (C=O) groups excluding carboxylic acids is 2. The molecule has 0 saturated heterocycles. The van der Waals surface area contributed by atoms with Gasteiger partial charge in [0.1, 0.15) is 0 Å². The van der Waals surface area contributed by atoms with Crippen LogP contribution in [0.4, 0.5) is 0 Å². The van der Waals surface area contributed by atoms with E-state index in [2.05, 4.69) is 5.32 Å². The number of fused-ring (bicyclic) bond motifs is 2. The normalized spacial score (nSPS) is 23.3. The quantitative estimate of drug-likeness (QED) is 0.919. The van der Waals surface area contributed by atoms with Crippen LogP contribution < -0.4 is 5.32 Å². The summed E-state index contributed by atoms with van der Waals surface area (Å²) in [5.41, 5.74) is 3.81. The van der Waals surface area contributed by atoms with Crippen molar-refractivity contribution in [3.63, 3.8) is 0 Å². The number of nitrogens with one attached hydrogen (secondary N) is 1. The third-order valence-electron chi connectivity index (χ3n) is 4.73. The summed E-state index contributed by atoms with van der Waals surface area (Å²) >= 11 is 0. The third-order valence-corrected chi connectivity index (χ3v) is 4.73. The van der Waals surface area contributed by atoms with Gasteiger partial charge >= 0.3 is 0 Å². The molecule has 3 nitrogen and oxygen atoms in total. The van der Waals surface area contributed by atoms with E-state index in [1.807, 2.05) is 48.5 Å². The van der Waals surface area contributed by atoms with E-state index < -0.39 is 0 Å². The van der Waals surface area contributed by atoms with Crippen molar-refractivity contribution < 1.29 is 9.59 Å². The predicted molar refractivity (Wildman–Crippen MR) is 84.0 cm³/mol. The SMILES string of the molecule is O=C1CCC(NC2CC(=O)c3ccccc32)c2ccccc21. The third kappa shape index (κ3) is 2.09. The van der Waals surface area contributed by atoms with Crippen molar-refractivity contribution in [2.75, 3.05) is 0 Å². The summed E-state index contributed by atoms with van der Waals surface area (Å²) < 4.78 is 0. The van der Waals surface area contributed by atoms with Crippen LogP contribution in [0.3, 0.4) is 0 Å². The summed E-state index contributed by atoms with van der Waals surface area (Å²) in [7, 11) is 0. The van der Waals surface area contributed by atoms with Gasteiger partial charge < -0.3 is 5.32 Å². The second-order valence-electron chi connectivity index (χ2n) is 6.04. The minimum atomic E-state index is 0.0509. The maximum Gasteiger partial charge on any atom is 0.165 e. The highest BCUT2D eigenvalue weighted by atomic mass is 16.1. The maximum absolute atomic E-state index is 12.1. The molecule has 0 aromatic heterocycles. The standard InChI is InChI=1S/C19H17NO2/c21-18-10-9-16(12-5-1-3-7-14(12)18)20-17-11-19(22)15-8-4-2-6-13(15)17/h1-8,16-17,20H,9-11H2. The Bertz CT molecular complexity index is 766. The van der Waals surface area contributed by atoms with Crippen LogP contribution in [0.2, 0.25) is 0 Å². The topological polar surface area (TPSA) is 46.2 Å². The molecule has 110 valence electrons. The minimum Gasteiger partial charge on any atom is -0.303 e. The first-order valence-corrected chi connectivity index (χ1v) is 7.74. The molecule has 0 bridgehead atoms. The van der Waals surface area contributed by atoms with Crippen molar-refractivity contribution in [3.05, 3.63) is 70.8 Å². The fourth-order valence-electron chi connectivity index (χ4n) is 3.65. The van der Waals surface area contributed by atoms with E-state index in [0.29, 0.717) is 12.8 Å². The van der Waals surface area contributed by atoms with Gasteiger partial charge in [0.25, 0.3) is 0 Å². The summed E-state index contributed by atoms with van der Waals surface area (Å²) in [5.74, 6) is 0.421. The highest BCUT2D eigenvalue weighted by Crippen LogP contribution is 2.36. The molecule has 0 aliphatic heterocycles. The predicted octanol–water partition coefficient (Wildman–Crippen LogP) is 3.62. The van der Waals surface area contributed by atoms with Gasteiger partial charge in [0.15, 0.2) is 11.6 Å². The minimum absolute atomic E-state index is 0.0509. The van der Waals surface area contributed by atoms with Crippen molar-refractivity contribution >= 4 is 11.6 Å². The highest BCUT2D eigenvalue weighted by Gasteiger charge is 2.33. The van der Waals surface area contributed by atoms with Crippen LogP contribution in [0, 0.1) is 0 Å². The number of rotatable bonds is 2. The Balaban J connectivity index is 1.65. The van der Waals surface area contributed by atoms with Crippen LogP contribution in [-0.2, 0) is 0 Å². The van der Waals surface area contributed by atoms with E-state index in [1.165, 1.54) is 0 Å². The zero-order valence-corrected chi connectivity index (χ0v) is 12.2. The van der Waals surface area contributed by atoms with Gasteiger partial charge in [-0.1, -0.05) is 48.5 Å². The number of hydrogen-bond acceptors (Lipinski definition) is 3. The summed E-state index contributed by atoms with van der Waals surface area (Å²) in [6.07, 6.45) is 1.87. The lowest BCUT2D eigenvalue weighted by atomic mass is 9.86. The van der Waals surface area contributed by atoms with Gasteiger partial charge in [0, 0.05) is 36.1 Å². The molecular formula is C19H17NO2. The number of Topliss-reactive ketones (excluding diaryl/α,β-unsaturated/α-hetero) is 2. The van der Waals surface area contributed by atoms with E-state index >= 15 is 0 Å². The fraction of sp³-hybridized carbons (Fsp3) is 0.263. The molecule has 0 saturated carbocycles. The second kappa shape index (κ2) is 5.18. The molecule has 3 heteroatoms. The van der Waals surface area contributed by atoms with Gasteiger partial charge in [-0.15, -0.1) is 0 Å². The molecule has 4 rings (SSSR count). The number of ketones is 2. The zero-order chi connectivity index (χ0) is 15.1. The Kier molecular flexibility index (Phi) is 3.16. The first-order valence-electron chi connectivity index (χ1n) is 7.74. The Labute approximate surface area is 129 Å². The van der Waals surface area contributed by atoms with E-state index in [-0.39, 0.29) is 23.7 Å². The van der Waals surface area contributed by atoms with Crippen LogP contribution in [0.25, 0.3) is 0 Å². The number of carbonyl (C=O) groups is 2. The molecule has 22 heavy (non-hydrogen) atoms. The molecule has 0 fully saturated rings. The van der Waals surface area contributed by atoms with Crippen LogP contribution in [0.15, 0.2) is 48.5 Å². The van der Waals surface area contributed by atoms with Gasteiger partial charge in [-0.25, -0.2) is 0 Å². The molecular weight excluding hydrogens is 274 g/mol. The molecule has 1 N–H and O–H groups in total. The van der Waals surface area contributed by atoms with Gasteiger partial charge in [-0.2, -0.15) is 0 Å². The van der Waals surface area contributed by atoms with Gasteiger partial charge in [-0.05, 0) is 17.5 Å². The Hall–Kier alpha value is -2.26. The molecule has 2 aliphatic rings. The molecule has 0 amide bonds. The molecule has 0 heterocycles. The molecule has 2 unspecified atom stereocenters. The van der Waals surface area contributed by atoms with Crippen LogP contribution in [0.1, 0.15) is 63.2 Å². The average Bonchev–Trinajstić information content (AvgIpc) is 2.87. The summed E-state index contributed by atoms with van der Waals surface area (Å²) in [6, 6.07) is 15.8. The molecule has 0 spiro atoms. The first-order chi connectivity index (χ1) is 10.7. The lowest BCUT2D eigenvalue weighted by Gasteiger charge is -2.28. The largest absolute Gasteiger partial charge is 0.303 e. The molecule has 0 radical (unpaired) electrons. The van der Waals surface area contributed by atoms with Crippen LogP contribution in [0.5, 0.6) is 0 Å². The smallest absolute Gasteiger partial charge is 0.165 e. The van der Waals surface area contributed by atoms with Gasteiger partial charge in [0.2, 0.25) is 0 Å². The van der Waals surface area contributed by atoms with Crippen LogP contribution in [-0.4, -0.2) is 11.6 Å². The van der Waals surface area contributed by atoms with E-state index in [9.17, 15) is 9.59 Å². The average molecular weight is 291 g/mol. The molecule has 2 aliphatic carbocycles. The Morgan fingerprint density at radius 2 is 1.36 bits per heavy atom. The van der Waals surface area contributed by atoms with Gasteiger partial charge in [0.05, 0.1) is 0 Å². The lowest BCUT2D eigenvalue weighted by molar-refractivity contribution is 0.0951. The van der Waals surface area contributed by atoms with Gasteiger partial charge in [-0.3, -0.25) is 9.59 Å². The summed E-state index contributed by atoms with van der Waals surface area (Å²) in [6.45, 7) is 0. The molecule has 2 atom stereocenters. The number of benzene rings is 2. The maximum atomic E-state index is 12.1. The molecule has 2 aromatic carbocycles. The van der Waals surface area contributed by atoms with Crippen molar-refractivity contribution in [2.24, 2.45) is 0 Å².